The van der Waals surface area contributed by atoms with Gasteiger partial charge in [0, 0.05) is 0 Å². The molecular formula is C8H11N3O2. The molecule has 0 aliphatic carbocycles. The van der Waals surface area contributed by atoms with Crippen molar-refractivity contribution < 1.29 is 9.53 Å². The van der Waals surface area contributed by atoms with E-state index in [4.69, 9.17) is 4.74 Å². The molecule has 0 saturated carbocycles. The van der Waals surface area contributed by atoms with Gasteiger partial charge in [0.1, 0.15) is 0 Å². The quantitative estimate of drug-likeness (QED) is 0.656. The first-order chi connectivity index (χ1) is 6.27. The van der Waals surface area contributed by atoms with E-state index < -0.39 is 0 Å². The van der Waals surface area contributed by atoms with E-state index in [2.05, 4.69) is 15.3 Å². The molecule has 1 aromatic rings. The van der Waals surface area contributed by atoms with Gasteiger partial charge in [0.15, 0.2) is 11.6 Å². The van der Waals surface area contributed by atoms with Gasteiger partial charge in [-0.3, -0.25) is 4.79 Å². The predicted molar refractivity (Wildman–Crippen MR) is 46.8 cm³/mol. The van der Waals surface area contributed by atoms with E-state index in [1.54, 1.807) is 7.05 Å². The molecule has 0 amide bonds. The minimum Gasteiger partial charge on any atom is -0.494 e. The highest BCUT2D eigenvalue weighted by atomic mass is 16.5. The molecule has 1 rings (SSSR count). The number of Topliss-reactive ketones (excluding diaryl/α,β-unsaturated/α-hetero) is 1. The van der Waals surface area contributed by atoms with E-state index in [0.29, 0.717) is 5.75 Å². The molecule has 13 heavy (non-hydrogen) atoms. The summed E-state index contributed by atoms with van der Waals surface area (Å²) in [6, 6.07) is 0. The Kier molecular flexibility index (Phi) is 3.33. The molecule has 1 N–H and O–H groups in total. The Morgan fingerprint density at radius 2 is 2.15 bits per heavy atom. The van der Waals surface area contributed by atoms with Crippen LogP contribution in [0.1, 0.15) is 10.6 Å². The van der Waals surface area contributed by atoms with Gasteiger partial charge < -0.3 is 10.1 Å². The number of ketones is 1. The lowest BCUT2D eigenvalue weighted by Crippen LogP contribution is -2.20. The van der Waals surface area contributed by atoms with Gasteiger partial charge in [-0.25, -0.2) is 9.97 Å². The first-order valence-electron chi connectivity index (χ1n) is 3.81. The number of aromatic nitrogens is 2. The molecule has 0 aromatic carbocycles. The normalized spacial score (nSPS) is 9.69. The van der Waals surface area contributed by atoms with Crippen molar-refractivity contribution in [1.82, 2.24) is 15.3 Å². The fraction of sp³-hybridized carbons (Fsp3) is 0.375. The van der Waals surface area contributed by atoms with Crippen molar-refractivity contribution in [3.05, 3.63) is 18.2 Å². The summed E-state index contributed by atoms with van der Waals surface area (Å²) in [6.45, 7) is 0.242. The highest BCUT2D eigenvalue weighted by Crippen LogP contribution is 2.04. The van der Waals surface area contributed by atoms with Crippen LogP contribution in [0.3, 0.4) is 0 Å². The van der Waals surface area contributed by atoms with Crippen molar-refractivity contribution in [2.24, 2.45) is 0 Å². The van der Waals surface area contributed by atoms with Gasteiger partial charge >= 0.3 is 0 Å². The Hall–Kier alpha value is -1.49. The van der Waals surface area contributed by atoms with Crippen LogP contribution in [0.2, 0.25) is 0 Å². The maximum Gasteiger partial charge on any atom is 0.213 e. The minimum atomic E-state index is -0.134. The third-order valence-corrected chi connectivity index (χ3v) is 1.45. The maximum atomic E-state index is 11.2. The van der Waals surface area contributed by atoms with Gasteiger partial charge in [-0.1, -0.05) is 0 Å². The number of carbonyl (C=O) groups excluding carboxylic acids is 1. The van der Waals surface area contributed by atoms with Gasteiger partial charge in [0.2, 0.25) is 5.78 Å². The molecule has 1 aromatic heterocycles. The van der Waals surface area contributed by atoms with Gasteiger partial charge in [0.25, 0.3) is 0 Å². The molecule has 5 nitrogen and oxygen atoms in total. The van der Waals surface area contributed by atoms with E-state index in [1.165, 1.54) is 19.5 Å². The molecule has 0 fully saturated rings. The summed E-state index contributed by atoms with van der Waals surface area (Å²) in [5.41, 5.74) is 0. The van der Waals surface area contributed by atoms with E-state index in [1.807, 2.05) is 0 Å². The standard InChI is InChI=1S/C8H11N3O2/c1-9-5-7(12)8-10-3-6(13-2)4-11-8/h3-4,9H,5H2,1-2H3. The Bertz CT molecular complexity index is 284. The first-order valence-corrected chi connectivity index (χ1v) is 3.81. The van der Waals surface area contributed by atoms with Crippen LogP contribution in [0.25, 0.3) is 0 Å². The first kappa shape index (κ1) is 9.60. The highest BCUT2D eigenvalue weighted by molar-refractivity contribution is 5.94. The molecule has 0 aliphatic heterocycles. The second-order valence-corrected chi connectivity index (χ2v) is 2.40. The topological polar surface area (TPSA) is 64.1 Å². The predicted octanol–water partition coefficient (Wildman–Crippen LogP) is -0.113. The van der Waals surface area contributed by atoms with Crippen LogP contribution < -0.4 is 10.1 Å². The number of nitrogens with zero attached hydrogens (tertiary/aromatic N) is 2. The molecule has 0 spiro atoms. The molecule has 0 bridgehead atoms. The van der Waals surface area contributed by atoms with E-state index in [-0.39, 0.29) is 18.2 Å². The van der Waals surface area contributed by atoms with E-state index in [0.717, 1.165) is 0 Å². The third kappa shape index (κ3) is 2.48. The van der Waals surface area contributed by atoms with Crippen LogP contribution in [0.5, 0.6) is 5.75 Å². The zero-order valence-electron chi connectivity index (χ0n) is 7.57. The second kappa shape index (κ2) is 4.51. The van der Waals surface area contributed by atoms with E-state index in [9.17, 15) is 4.79 Å². The Labute approximate surface area is 76.2 Å². The average Bonchev–Trinajstić information content (AvgIpc) is 2.18. The van der Waals surface area contributed by atoms with Crippen molar-refractivity contribution in [2.75, 3.05) is 20.7 Å². The summed E-state index contributed by atoms with van der Waals surface area (Å²) < 4.78 is 4.86. The smallest absolute Gasteiger partial charge is 0.213 e. The van der Waals surface area contributed by atoms with Crippen LogP contribution in [-0.4, -0.2) is 36.5 Å². The summed E-state index contributed by atoms with van der Waals surface area (Å²) in [4.78, 5) is 18.9. The number of hydrogen-bond donors (Lipinski definition) is 1. The molecule has 0 radical (unpaired) electrons. The number of likely N-dealkylation sites (N-methyl/N-ethyl adjacent to an activating group) is 1. The summed E-state index contributed by atoms with van der Waals surface area (Å²) in [5, 5.41) is 2.73. The summed E-state index contributed by atoms with van der Waals surface area (Å²) >= 11 is 0. The fourth-order valence-electron chi connectivity index (χ4n) is 0.805. The number of rotatable bonds is 4. The molecular weight excluding hydrogens is 170 g/mol. The monoisotopic (exact) mass is 181 g/mol. The third-order valence-electron chi connectivity index (χ3n) is 1.45. The van der Waals surface area contributed by atoms with Gasteiger partial charge in [-0.2, -0.15) is 0 Å². The lowest BCUT2D eigenvalue weighted by molar-refractivity contribution is 0.0983. The molecule has 5 heteroatoms. The zero-order valence-corrected chi connectivity index (χ0v) is 7.57. The van der Waals surface area contributed by atoms with Gasteiger partial charge in [-0.05, 0) is 7.05 Å². The van der Waals surface area contributed by atoms with Gasteiger partial charge in [-0.15, -0.1) is 0 Å². The SMILES string of the molecule is CNCC(=O)c1ncc(OC)cn1. The van der Waals surface area contributed by atoms with Crippen LogP contribution >= 0.6 is 0 Å². The largest absolute Gasteiger partial charge is 0.494 e. The summed E-state index contributed by atoms with van der Waals surface area (Å²) in [7, 11) is 3.22. The molecule has 0 saturated heterocycles. The molecule has 0 aliphatic rings. The van der Waals surface area contributed by atoms with Crippen LogP contribution in [0.15, 0.2) is 12.4 Å². The van der Waals surface area contributed by atoms with Crippen molar-refractivity contribution in [2.45, 2.75) is 0 Å². The number of hydrogen-bond acceptors (Lipinski definition) is 5. The summed E-state index contributed by atoms with van der Waals surface area (Å²) in [6.07, 6.45) is 2.94. The lowest BCUT2D eigenvalue weighted by atomic mass is 10.3. The molecule has 0 unspecified atom stereocenters. The number of ether oxygens (including phenoxy) is 1. The number of methoxy groups -OCH3 is 1. The molecule has 1 heterocycles. The summed E-state index contributed by atoms with van der Waals surface area (Å²) in [5.74, 6) is 0.612. The van der Waals surface area contributed by atoms with Crippen LogP contribution in [0.4, 0.5) is 0 Å². The average molecular weight is 181 g/mol. The minimum absolute atomic E-state index is 0.134. The second-order valence-electron chi connectivity index (χ2n) is 2.40. The van der Waals surface area contributed by atoms with Crippen molar-refractivity contribution in [3.63, 3.8) is 0 Å². The molecule has 70 valence electrons. The van der Waals surface area contributed by atoms with Crippen LogP contribution in [0, 0.1) is 0 Å². The van der Waals surface area contributed by atoms with Gasteiger partial charge in [0.05, 0.1) is 26.0 Å². The maximum absolute atomic E-state index is 11.2. The fourth-order valence-corrected chi connectivity index (χ4v) is 0.805. The Morgan fingerprint density at radius 3 is 2.62 bits per heavy atom. The lowest BCUT2D eigenvalue weighted by Gasteiger charge is -1.99. The van der Waals surface area contributed by atoms with E-state index >= 15 is 0 Å². The number of nitrogens with one attached hydrogen (secondary N) is 1. The number of carbonyl (C=O) groups is 1. The Morgan fingerprint density at radius 1 is 1.54 bits per heavy atom. The Balaban J connectivity index is 2.74. The zero-order chi connectivity index (χ0) is 9.68. The van der Waals surface area contributed by atoms with Crippen molar-refractivity contribution in [1.29, 1.82) is 0 Å². The molecule has 0 atom stereocenters. The van der Waals surface area contributed by atoms with Crippen LogP contribution in [-0.2, 0) is 0 Å². The van der Waals surface area contributed by atoms with Crippen molar-refractivity contribution >= 4 is 5.78 Å². The highest BCUT2D eigenvalue weighted by Gasteiger charge is 2.06. The van der Waals surface area contributed by atoms with Crippen molar-refractivity contribution in [3.8, 4) is 5.75 Å².